The largest absolute Gasteiger partial charge is 0.398 e. The van der Waals surface area contributed by atoms with Gasteiger partial charge in [-0.25, -0.2) is 4.98 Å². The molecule has 0 fully saturated rings. The third-order valence-electron chi connectivity index (χ3n) is 5.43. The summed E-state index contributed by atoms with van der Waals surface area (Å²) in [6, 6.07) is 16.4. The maximum atomic E-state index is 9.82. The molecule has 0 saturated heterocycles. The van der Waals surface area contributed by atoms with Crippen molar-refractivity contribution in [3.05, 3.63) is 75.8 Å². The number of hydrogen-bond acceptors (Lipinski definition) is 5. The highest BCUT2D eigenvalue weighted by Gasteiger charge is 2.20. The molecule has 30 heavy (non-hydrogen) atoms. The number of hydrogen-bond donors (Lipinski definition) is 3. The Kier molecular flexibility index (Phi) is 6.19. The van der Waals surface area contributed by atoms with E-state index in [1.54, 1.807) is 0 Å². The van der Waals surface area contributed by atoms with E-state index in [1.165, 1.54) is 11.1 Å². The zero-order valence-corrected chi connectivity index (χ0v) is 18.6. The number of nitriles is 1. The number of thiol groups is 1. The van der Waals surface area contributed by atoms with Gasteiger partial charge in [-0.15, -0.1) is 12.6 Å². The molecule has 4 N–H and O–H groups in total. The average molecular weight is 415 g/mol. The Morgan fingerprint density at radius 1 is 1.13 bits per heavy atom. The maximum absolute atomic E-state index is 9.82. The van der Waals surface area contributed by atoms with Crippen LogP contribution in [-0.2, 0) is 0 Å². The quantitative estimate of drug-likeness (QED) is 0.479. The highest BCUT2D eigenvalue weighted by Crippen LogP contribution is 2.37. The normalized spacial score (nSPS) is 11.6. The molecule has 1 heterocycles. The van der Waals surface area contributed by atoms with Crippen LogP contribution in [0, 0.1) is 25.2 Å². The monoisotopic (exact) mass is 414 g/mol. The molecule has 1 aromatic heterocycles. The molecule has 2 aromatic carbocycles. The van der Waals surface area contributed by atoms with Crippen molar-refractivity contribution in [2.45, 2.75) is 38.6 Å². The van der Waals surface area contributed by atoms with Gasteiger partial charge in [0.25, 0.3) is 0 Å². The minimum Gasteiger partial charge on any atom is -0.398 e. The minimum atomic E-state index is 0.147. The van der Waals surface area contributed by atoms with Gasteiger partial charge in [0.1, 0.15) is 22.5 Å². The van der Waals surface area contributed by atoms with Crippen molar-refractivity contribution in [2.24, 2.45) is 5.73 Å². The van der Waals surface area contributed by atoms with E-state index in [0.29, 0.717) is 33.3 Å². The van der Waals surface area contributed by atoms with Crippen LogP contribution in [0.2, 0.25) is 0 Å². The molecule has 0 aliphatic heterocycles. The first-order valence-electron chi connectivity index (χ1n) is 9.81. The molecular formula is C25H26N4S. The molecule has 0 atom stereocenters. The molecular weight excluding hydrogens is 388 g/mol. The number of nitrogens with zero attached hydrogens (tertiary/aromatic N) is 2. The van der Waals surface area contributed by atoms with Gasteiger partial charge in [-0.3, -0.25) is 0 Å². The predicted molar refractivity (Wildman–Crippen MR) is 128 cm³/mol. The van der Waals surface area contributed by atoms with Gasteiger partial charge >= 0.3 is 0 Å². The summed E-state index contributed by atoms with van der Waals surface area (Å²) in [7, 11) is 0. The van der Waals surface area contributed by atoms with Gasteiger partial charge in [0.2, 0.25) is 0 Å². The lowest BCUT2D eigenvalue weighted by atomic mass is 9.92. The van der Waals surface area contributed by atoms with Gasteiger partial charge in [0.15, 0.2) is 0 Å². The van der Waals surface area contributed by atoms with E-state index >= 15 is 0 Å². The van der Waals surface area contributed by atoms with Crippen LogP contribution in [0.1, 0.15) is 53.1 Å². The van der Waals surface area contributed by atoms with Crippen molar-refractivity contribution in [2.75, 3.05) is 5.73 Å². The fourth-order valence-corrected chi connectivity index (χ4v) is 3.82. The van der Waals surface area contributed by atoms with Crippen LogP contribution in [0.3, 0.4) is 0 Å². The van der Waals surface area contributed by atoms with E-state index in [0.717, 1.165) is 16.7 Å². The number of rotatable bonds is 4. The Balaban J connectivity index is 2.28. The van der Waals surface area contributed by atoms with Crippen LogP contribution in [0.15, 0.2) is 47.5 Å². The van der Waals surface area contributed by atoms with Gasteiger partial charge in [-0.2, -0.15) is 5.26 Å². The van der Waals surface area contributed by atoms with Gasteiger partial charge in [0.05, 0.1) is 0 Å². The Hall–Kier alpha value is -3.23. The summed E-state index contributed by atoms with van der Waals surface area (Å²) in [6.45, 7) is 8.40. The molecule has 0 aliphatic rings. The molecule has 152 valence electrons. The molecule has 0 unspecified atom stereocenters. The number of aromatic nitrogens is 1. The average Bonchev–Trinajstić information content (AvgIpc) is 2.71. The highest BCUT2D eigenvalue weighted by atomic mass is 32.1. The number of nitrogens with two attached hydrogens (primary N) is 2. The molecule has 0 amide bonds. The molecule has 5 heteroatoms. The van der Waals surface area contributed by atoms with Crippen LogP contribution in [-0.4, -0.2) is 4.98 Å². The number of benzene rings is 2. The number of nitrogen functional groups attached to an aromatic ring is 1. The molecule has 0 radical (unpaired) electrons. The maximum Gasteiger partial charge on any atom is 0.143 e. The van der Waals surface area contributed by atoms with E-state index in [-0.39, 0.29) is 5.82 Å². The SMILES string of the molecule is Cc1cccc(/C=C(\N)c2c(S)nc(N)c(C#N)c2-c2ccc(C(C)C)cc2)c1C. The lowest BCUT2D eigenvalue weighted by Gasteiger charge is -2.17. The summed E-state index contributed by atoms with van der Waals surface area (Å²) in [6.07, 6.45) is 1.91. The summed E-state index contributed by atoms with van der Waals surface area (Å²) in [5.74, 6) is 0.555. The van der Waals surface area contributed by atoms with Crippen LogP contribution in [0.5, 0.6) is 0 Å². The second-order valence-corrected chi connectivity index (χ2v) is 8.15. The lowest BCUT2D eigenvalue weighted by molar-refractivity contribution is 0.867. The Morgan fingerprint density at radius 3 is 2.40 bits per heavy atom. The predicted octanol–water partition coefficient (Wildman–Crippen LogP) is 5.69. The van der Waals surface area contributed by atoms with Crippen molar-refractivity contribution < 1.29 is 0 Å². The molecule has 0 aliphatic carbocycles. The topological polar surface area (TPSA) is 88.7 Å². The summed E-state index contributed by atoms with van der Waals surface area (Å²) >= 11 is 4.56. The smallest absolute Gasteiger partial charge is 0.143 e. The molecule has 0 saturated carbocycles. The third-order valence-corrected chi connectivity index (χ3v) is 5.75. The third kappa shape index (κ3) is 4.05. The summed E-state index contributed by atoms with van der Waals surface area (Å²) in [5.41, 5.74) is 20.1. The fraction of sp³-hybridized carbons (Fsp3) is 0.200. The molecule has 4 nitrogen and oxygen atoms in total. The number of aryl methyl sites for hydroxylation is 1. The first-order valence-corrected chi connectivity index (χ1v) is 10.3. The van der Waals surface area contributed by atoms with Gasteiger partial charge in [0, 0.05) is 16.8 Å². The van der Waals surface area contributed by atoms with Crippen molar-refractivity contribution >= 4 is 30.2 Å². The highest BCUT2D eigenvalue weighted by molar-refractivity contribution is 7.80. The Morgan fingerprint density at radius 2 is 1.80 bits per heavy atom. The van der Waals surface area contributed by atoms with Crippen LogP contribution in [0.25, 0.3) is 22.9 Å². The lowest BCUT2D eigenvalue weighted by Crippen LogP contribution is -2.07. The second-order valence-electron chi connectivity index (χ2n) is 7.72. The second kappa shape index (κ2) is 8.64. The summed E-state index contributed by atoms with van der Waals surface area (Å²) in [5, 5.41) is 10.2. The first kappa shape index (κ1) is 21.5. The molecule has 3 rings (SSSR count). The zero-order chi connectivity index (χ0) is 22.0. The van der Waals surface area contributed by atoms with Crippen molar-refractivity contribution in [3.63, 3.8) is 0 Å². The van der Waals surface area contributed by atoms with Gasteiger partial charge < -0.3 is 11.5 Å². The van der Waals surface area contributed by atoms with Crippen LogP contribution >= 0.6 is 12.6 Å². The Bertz CT molecular complexity index is 1170. The fourth-order valence-electron chi connectivity index (χ4n) is 3.47. The summed E-state index contributed by atoms with van der Waals surface area (Å²) in [4.78, 5) is 4.28. The molecule has 3 aromatic rings. The van der Waals surface area contributed by atoms with Gasteiger partial charge in [-0.05, 0) is 53.7 Å². The van der Waals surface area contributed by atoms with E-state index in [1.807, 2.05) is 30.3 Å². The van der Waals surface area contributed by atoms with E-state index in [2.05, 4.69) is 69.6 Å². The number of pyridine rings is 1. The van der Waals surface area contributed by atoms with Crippen molar-refractivity contribution in [1.82, 2.24) is 4.98 Å². The van der Waals surface area contributed by atoms with Gasteiger partial charge in [-0.1, -0.05) is 56.3 Å². The molecule has 0 bridgehead atoms. The summed E-state index contributed by atoms with van der Waals surface area (Å²) < 4.78 is 0. The van der Waals surface area contributed by atoms with Crippen LogP contribution < -0.4 is 11.5 Å². The molecule has 0 spiro atoms. The zero-order valence-electron chi connectivity index (χ0n) is 17.7. The number of anilines is 1. The van der Waals surface area contributed by atoms with E-state index in [4.69, 9.17) is 11.5 Å². The minimum absolute atomic E-state index is 0.147. The van der Waals surface area contributed by atoms with E-state index in [9.17, 15) is 5.26 Å². The first-order chi connectivity index (χ1) is 14.2. The Labute approximate surface area is 183 Å². The van der Waals surface area contributed by atoms with Crippen LogP contribution in [0.4, 0.5) is 5.82 Å². The standard InChI is InChI=1S/C25H26N4S/c1-14(2)17-8-10-18(11-9-17)22-20(13-26)24(28)29-25(30)23(22)21(27)12-19-7-5-6-15(3)16(19)4/h5-12,14H,27H2,1-4H3,(H3,28,29,30)/b21-12-. The van der Waals surface area contributed by atoms with E-state index < -0.39 is 0 Å². The van der Waals surface area contributed by atoms with Crippen molar-refractivity contribution in [1.29, 1.82) is 5.26 Å². The van der Waals surface area contributed by atoms with Crippen molar-refractivity contribution in [3.8, 4) is 17.2 Å².